The highest BCUT2D eigenvalue weighted by atomic mass is 32.2. The smallest absolute Gasteiger partial charge is 0.302 e. The summed E-state index contributed by atoms with van der Waals surface area (Å²) in [5.41, 5.74) is 2.94. The molecule has 43 heavy (non-hydrogen) atoms. The van der Waals surface area contributed by atoms with Crippen LogP contribution in [-0.2, 0) is 23.7 Å². The minimum absolute atomic E-state index is 0.0372. The van der Waals surface area contributed by atoms with Crippen LogP contribution in [0.15, 0.2) is 76.7 Å². The quantitative estimate of drug-likeness (QED) is 0.276. The molecule has 222 valence electrons. The molecule has 10 nitrogen and oxygen atoms in total. The van der Waals surface area contributed by atoms with E-state index in [1.165, 1.54) is 18.7 Å². The fourth-order valence-corrected chi connectivity index (χ4v) is 6.33. The van der Waals surface area contributed by atoms with Crippen LogP contribution in [0.4, 0.5) is 0 Å². The van der Waals surface area contributed by atoms with Gasteiger partial charge in [-0.1, -0.05) is 30.0 Å². The number of ether oxygens (including phenoxy) is 4. The Balaban J connectivity index is 1.42. The van der Waals surface area contributed by atoms with Crippen molar-refractivity contribution in [3.63, 3.8) is 0 Å². The second-order valence-corrected chi connectivity index (χ2v) is 11.8. The minimum Gasteiger partial charge on any atom is -0.463 e. The molecule has 0 saturated carbocycles. The maximum Gasteiger partial charge on any atom is 0.302 e. The van der Waals surface area contributed by atoms with Gasteiger partial charge in [0.15, 0.2) is 12.0 Å². The second kappa shape index (κ2) is 11.9. The van der Waals surface area contributed by atoms with Gasteiger partial charge in [0.1, 0.15) is 24.9 Å². The SMILES string of the molecule is CNC(=O)c1ccccc1Sc1ccc2c(/C=C/c3ccccn3)nn([C@@H]3O[C@H](COC(C)=O)[C@H]4OC(C)(C)O[C@H]43)c2c1. The topological polar surface area (TPSA) is 114 Å². The van der Waals surface area contributed by atoms with Crippen LogP contribution in [0.1, 0.15) is 48.7 Å². The molecule has 4 aromatic rings. The third-order valence-corrected chi connectivity index (χ3v) is 8.28. The molecule has 0 bridgehead atoms. The maximum atomic E-state index is 12.5. The Hall–Kier alpha value is -4.03. The lowest BCUT2D eigenvalue weighted by molar-refractivity contribution is -0.203. The van der Waals surface area contributed by atoms with Gasteiger partial charge in [-0.3, -0.25) is 14.6 Å². The van der Waals surface area contributed by atoms with Crippen LogP contribution >= 0.6 is 11.8 Å². The number of hydrogen-bond donors (Lipinski definition) is 1. The van der Waals surface area contributed by atoms with Crippen molar-refractivity contribution in [1.29, 1.82) is 0 Å². The summed E-state index contributed by atoms with van der Waals surface area (Å²) in [6.07, 6.45) is 3.45. The third kappa shape index (κ3) is 6.07. The van der Waals surface area contributed by atoms with Gasteiger partial charge in [0, 0.05) is 35.3 Å². The van der Waals surface area contributed by atoms with Crippen molar-refractivity contribution in [3.05, 3.63) is 83.8 Å². The van der Waals surface area contributed by atoms with E-state index in [-0.39, 0.29) is 12.5 Å². The highest BCUT2D eigenvalue weighted by Gasteiger charge is 2.56. The Morgan fingerprint density at radius 1 is 1.07 bits per heavy atom. The van der Waals surface area contributed by atoms with Gasteiger partial charge >= 0.3 is 5.97 Å². The minimum atomic E-state index is -0.846. The van der Waals surface area contributed by atoms with Crippen molar-refractivity contribution >= 4 is 46.7 Å². The van der Waals surface area contributed by atoms with Crippen molar-refractivity contribution in [3.8, 4) is 0 Å². The number of nitrogens with zero attached hydrogens (tertiary/aromatic N) is 3. The van der Waals surface area contributed by atoms with E-state index in [0.29, 0.717) is 5.56 Å². The summed E-state index contributed by atoms with van der Waals surface area (Å²) in [5.74, 6) is -1.39. The number of nitrogens with one attached hydrogen (secondary N) is 1. The maximum absolute atomic E-state index is 12.5. The molecule has 2 aliphatic heterocycles. The van der Waals surface area contributed by atoms with E-state index in [4.69, 9.17) is 24.0 Å². The third-order valence-electron chi connectivity index (χ3n) is 7.21. The lowest BCUT2D eigenvalue weighted by atomic mass is 10.1. The van der Waals surface area contributed by atoms with Gasteiger partial charge in [0.25, 0.3) is 5.91 Å². The molecule has 4 heterocycles. The molecular weight excluding hydrogens is 568 g/mol. The van der Waals surface area contributed by atoms with Gasteiger partial charge in [-0.2, -0.15) is 5.10 Å². The molecule has 1 N–H and O–H groups in total. The molecule has 2 aromatic carbocycles. The van der Waals surface area contributed by atoms with Gasteiger partial charge in [0.05, 0.1) is 22.5 Å². The number of carbonyl (C=O) groups is 2. The van der Waals surface area contributed by atoms with Crippen LogP contribution in [0.2, 0.25) is 0 Å². The van der Waals surface area contributed by atoms with Crippen LogP contribution in [-0.4, -0.2) is 64.4 Å². The monoisotopic (exact) mass is 600 g/mol. The van der Waals surface area contributed by atoms with E-state index >= 15 is 0 Å². The Morgan fingerprint density at radius 3 is 2.63 bits per heavy atom. The summed E-state index contributed by atoms with van der Waals surface area (Å²) in [6, 6.07) is 19.3. The molecule has 2 fully saturated rings. The number of benzene rings is 2. The first-order valence-corrected chi connectivity index (χ1v) is 14.8. The van der Waals surface area contributed by atoms with E-state index < -0.39 is 36.3 Å². The summed E-state index contributed by atoms with van der Waals surface area (Å²) in [7, 11) is 1.62. The fraction of sp³-hybridized carbons (Fsp3) is 0.312. The van der Waals surface area contributed by atoms with Gasteiger partial charge in [-0.05, 0) is 68.5 Å². The van der Waals surface area contributed by atoms with Gasteiger partial charge in [0.2, 0.25) is 0 Å². The largest absolute Gasteiger partial charge is 0.463 e. The highest BCUT2D eigenvalue weighted by Crippen LogP contribution is 2.44. The first-order valence-electron chi connectivity index (χ1n) is 14.0. The molecule has 11 heteroatoms. The summed E-state index contributed by atoms with van der Waals surface area (Å²) < 4.78 is 26.1. The lowest BCUT2D eigenvalue weighted by Gasteiger charge is -2.24. The Kier molecular flexibility index (Phi) is 8.06. The van der Waals surface area contributed by atoms with Crippen molar-refractivity contribution in [2.45, 2.75) is 60.9 Å². The zero-order valence-corrected chi connectivity index (χ0v) is 25.0. The number of pyridine rings is 1. The summed E-state index contributed by atoms with van der Waals surface area (Å²) >= 11 is 1.49. The number of esters is 1. The van der Waals surface area contributed by atoms with Crippen LogP contribution in [0, 0.1) is 0 Å². The number of aromatic nitrogens is 3. The van der Waals surface area contributed by atoms with Crippen LogP contribution in [0.5, 0.6) is 0 Å². The molecule has 0 aliphatic carbocycles. The fourth-order valence-electron chi connectivity index (χ4n) is 5.36. The molecular formula is C32H32N4O6S. The Labute approximate surface area is 253 Å². The molecule has 6 rings (SSSR count). The number of fused-ring (bicyclic) bond motifs is 2. The number of hydrogen-bond acceptors (Lipinski definition) is 9. The zero-order chi connectivity index (χ0) is 30.1. The molecule has 1 amide bonds. The zero-order valence-electron chi connectivity index (χ0n) is 24.2. The average Bonchev–Trinajstić information content (AvgIpc) is 3.63. The molecule has 4 atom stereocenters. The van der Waals surface area contributed by atoms with E-state index in [1.54, 1.807) is 19.3 Å². The standard InChI is InChI=1S/C32H32N4O6S/c1-19(37)39-18-26-28-29(42-32(2,3)41-28)31(40-26)36-25-17-21(43-27-11-6-5-10-23(27)30(38)33-4)13-14-22(25)24(35-36)15-12-20-9-7-8-16-34-20/h5-17,26,28-29,31H,18H2,1-4H3,(H,33,38)/b15-12+/t26-,28-,29-,31-/m1/s1. The van der Waals surface area contributed by atoms with Crippen molar-refractivity contribution in [1.82, 2.24) is 20.1 Å². The molecule has 2 aliphatic rings. The Morgan fingerprint density at radius 2 is 1.86 bits per heavy atom. The first kappa shape index (κ1) is 29.1. The number of carbonyl (C=O) groups excluding carboxylic acids is 2. The first-order chi connectivity index (χ1) is 20.7. The highest BCUT2D eigenvalue weighted by molar-refractivity contribution is 7.99. The Bertz CT molecular complexity index is 1690. The summed E-state index contributed by atoms with van der Waals surface area (Å²) in [6.45, 7) is 5.11. The van der Waals surface area contributed by atoms with Crippen molar-refractivity contribution < 1.29 is 28.5 Å². The van der Waals surface area contributed by atoms with E-state index in [2.05, 4.69) is 10.3 Å². The predicted octanol–water partition coefficient (Wildman–Crippen LogP) is 5.09. The van der Waals surface area contributed by atoms with E-state index in [0.717, 1.165) is 32.1 Å². The average molecular weight is 601 g/mol. The molecule has 2 aromatic heterocycles. The molecule has 0 spiro atoms. The van der Waals surface area contributed by atoms with Crippen LogP contribution in [0.25, 0.3) is 23.1 Å². The number of amides is 1. The number of rotatable bonds is 8. The lowest BCUT2D eigenvalue weighted by Crippen LogP contribution is -2.33. The van der Waals surface area contributed by atoms with Gasteiger partial charge in [-0.25, -0.2) is 4.68 Å². The predicted molar refractivity (Wildman–Crippen MR) is 161 cm³/mol. The van der Waals surface area contributed by atoms with Crippen molar-refractivity contribution in [2.75, 3.05) is 13.7 Å². The molecule has 2 saturated heterocycles. The van der Waals surface area contributed by atoms with E-state index in [1.807, 2.05) is 85.3 Å². The molecule has 0 radical (unpaired) electrons. The summed E-state index contributed by atoms with van der Waals surface area (Å²) in [5, 5.41) is 8.60. The normalized spacial score (nSPS) is 22.6. The summed E-state index contributed by atoms with van der Waals surface area (Å²) in [4.78, 5) is 30.3. The van der Waals surface area contributed by atoms with Crippen molar-refractivity contribution in [2.24, 2.45) is 0 Å². The van der Waals surface area contributed by atoms with Crippen LogP contribution < -0.4 is 5.32 Å². The van der Waals surface area contributed by atoms with Crippen LogP contribution in [0.3, 0.4) is 0 Å². The molecule has 0 unspecified atom stereocenters. The van der Waals surface area contributed by atoms with Gasteiger partial charge < -0.3 is 24.3 Å². The van der Waals surface area contributed by atoms with E-state index in [9.17, 15) is 9.59 Å². The second-order valence-electron chi connectivity index (χ2n) is 10.7. The van der Waals surface area contributed by atoms with Gasteiger partial charge in [-0.15, -0.1) is 0 Å².